The first-order chi connectivity index (χ1) is 8.88. The molecule has 1 aromatic rings. The summed E-state index contributed by atoms with van der Waals surface area (Å²) in [4.78, 5) is 13.8. The molecule has 19 heavy (non-hydrogen) atoms. The number of carboxylic acid groups (broad SMARTS) is 1. The summed E-state index contributed by atoms with van der Waals surface area (Å²) in [7, 11) is 0. The second kappa shape index (κ2) is 5.48. The van der Waals surface area contributed by atoms with Crippen LogP contribution in [0.15, 0.2) is 11.4 Å². The number of fused-ring (bicyclic) bond motifs is 1. The Morgan fingerprint density at radius 3 is 2.95 bits per heavy atom. The van der Waals surface area contributed by atoms with Crippen molar-refractivity contribution >= 4 is 17.3 Å². The molecule has 1 aromatic heterocycles. The summed E-state index contributed by atoms with van der Waals surface area (Å²) in [6, 6.07) is 0.835. The summed E-state index contributed by atoms with van der Waals surface area (Å²) in [5, 5.41) is 11.0. The van der Waals surface area contributed by atoms with Crippen molar-refractivity contribution in [1.29, 1.82) is 0 Å². The molecule has 0 amide bonds. The van der Waals surface area contributed by atoms with Crippen molar-refractivity contribution in [1.82, 2.24) is 4.90 Å². The summed E-state index contributed by atoms with van der Waals surface area (Å²) in [6.45, 7) is -0.204. The van der Waals surface area contributed by atoms with Gasteiger partial charge in [-0.15, -0.1) is 24.5 Å². The van der Waals surface area contributed by atoms with Gasteiger partial charge in [-0.2, -0.15) is 0 Å². The van der Waals surface area contributed by atoms with E-state index in [0.29, 0.717) is 18.5 Å². The molecular formula is C11H12F3NO3S. The average molecular weight is 295 g/mol. The van der Waals surface area contributed by atoms with E-state index < -0.39 is 25.0 Å². The fourth-order valence-corrected chi connectivity index (χ4v) is 3.08. The summed E-state index contributed by atoms with van der Waals surface area (Å²) in [6.07, 6.45) is -4.02. The van der Waals surface area contributed by atoms with Gasteiger partial charge >= 0.3 is 12.3 Å². The summed E-state index contributed by atoms with van der Waals surface area (Å²) >= 11 is 1.48. The van der Waals surface area contributed by atoms with Crippen LogP contribution < -0.4 is 0 Å². The fourth-order valence-electron chi connectivity index (χ4n) is 2.18. The van der Waals surface area contributed by atoms with Gasteiger partial charge in [-0.1, -0.05) is 0 Å². The van der Waals surface area contributed by atoms with Crippen LogP contribution in [0.1, 0.15) is 16.5 Å². The Bertz CT molecular complexity index is 460. The molecule has 1 aliphatic heterocycles. The van der Waals surface area contributed by atoms with E-state index in [1.54, 1.807) is 11.4 Å². The van der Waals surface area contributed by atoms with E-state index in [2.05, 4.69) is 4.74 Å². The van der Waals surface area contributed by atoms with Crippen LogP contribution in [-0.2, 0) is 16.0 Å². The first-order valence-corrected chi connectivity index (χ1v) is 6.50. The van der Waals surface area contributed by atoms with Gasteiger partial charge in [0.05, 0.1) is 6.61 Å². The maximum atomic E-state index is 11.9. The first-order valence-electron chi connectivity index (χ1n) is 5.62. The zero-order valence-electron chi connectivity index (χ0n) is 9.81. The van der Waals surface area contributed by atoms with Gasteiger partial charge in [0.2, 0.25) is 0 Å². The highest BCUT2D eigenvalue weighted by atomic mass is 32.1. The van der Waals surface area contributed by atoms with Crippen LogP contribution in [0.3, 0.4) is 0 Å². The number of hydrogen-bond donors (Lipinski definition) is 1. The smallest absolute Gasteiger partial charge is 0.480 e. The SMILES string of the molecule is O=C(O)C1c2ccsc2CCN1CCOC(F)(F)F. The number of aliphatic carboxylic acids is 1. The minimum atomic E-state index is -4.68. The van der Waals surface area contributed by atoms with Gasteiger partial charge in [0, 0.05) is 18.0 Å². The number of carbonyl (C=O) groups is 1. The average Bonchev–Trinajstić information content (AvgIpc) is 2.74. The van der Waals surface area contributed by atoms with E-state index in [9.17, 15) is 23.1 Å². The minimum absolute atomic E-state index is 0.0637. The fraction of sp³-hybridized carbons (Fsp3) is 0.545. The maximum absolute atomic E-state index is 11.9. The van der Waals surface area contributed by atoms with E-state index in [1.807, 2.05) is 0 Å². The van der Waals surface area contributed by atoms with Gasteiger partial charge in [-0.05, 0) is 23.4 Å². The molecule has 0 bridgehead atoms. The monoisotopic (exact) mass is 295 g/mol. The standard InChI is InChI=1S/C11H12F3NO3S/c12-11(13,14)18-5-4-15-3-1-8-7(2-6-19-8)9(15)10(16)17/h2,6,9H,1,3-5H2,(H,16,17). The van der Waals surface area contributed by atoms with Crippen molar-refractivity contribution in [2.24, 2.45) is 0 Å². The van der Waals surface area contributed by atoms with Gasteiger partial charge in [0.15, 0.2) is 0 Å². The van der Waals surface area contributed by atoms with Gasteiger partial charge < -0.3 is 5.11 Å². The molecule has 2 heterocycles. The number of alkyl halides is 3. The molecule has 106 valence electrons. The Balaban J connectivity index is 2.03. The van der Waals surface area contributed by atoms with E-state index in [0.717, 1.165) is 4.88 Å². The van der Waals surface area contributed by atoms with Crippen molar-refractivity contribution in [2.45, 2.75) is 18.8 Å². The van der Waals surface area contributed by atoms with Gasteiger partial charge in [-0.25, -0.2) is 0 Å². The Kier molecular flexibility index (Phi) is 4.12. The van der Waals surface area contributed by atoms with Gasteiger partial charge in [0.25, 0.3) is 0 Å². The molecule has 4 nitrogen and oxygen atoms in total. The maximum Gasteiger partial charge on any atom is 0.522 e. The Hall–Kier alpha value is -1.12. The van der Waals surface area contributed by atoms with E-state index in [1.165, 1.54) is 16.2 Å². The molecular weight excluding hydrogens is 283 g/mol. The highest BCUT2D eigenvalue weighted by molar-refractivity contribution is 7.10. The van der Waals surface area contributed by atoms with Gasteiger partial charge in [-0.3, -0.25) is 14.4 Å². The second-order valence-corrected chi connectivity index (χ2v) is 5.12. The number of ether oxygens (including phenoxy) is 1. The Morgan fingerprint density at radius 2 is 2.32 bits per heavy atom. The summed E-state index contributed by atoms with van der Waals surface area (Å²) in [5.41, 5.74) is 0.677. The van der Waals surface area contributed by atoms with Crippen LogP contribution in [0, 0.1) is 0 Å². The van der Waals surface area contributed by atoms with E-state index in [4.69, 9.17) is 0 Å². The quantitative estimate of drug-likeness (QED) is 0.926. The lowest BCUT2D eigenvalue weighted by Crippen LogP contribution is -2.41. The highest BCUT2D eigenvalue weighted by Gasteiger charge is 2.35. The topological polar surface area (TPSA) is 49.8 Å². The van der Waals surface area contributed by atoms with E-state index >= 15 is 0 Å². The molecule has 8 heteroatoms. The molecule has 0 aromatic carbocycles. The molecule has 0 saturated carbocycles. The van der Waals surface area contributed by atoms with Crippen molar-refractivity contribution < 1.29 is 27.8 Å². The van der Waals surface area contributed by atoms with Crippen LogP contribution in [0.25, 0.3) is 0 Å². The number of rotatable bonds is 4. The lowest BCUT2D eigenvalue weighted by Gasteiger charge is -2.32. The highest BCUT2D eigenvalue weighted by Crippen LogP contribution is 2.33. The lowest BCUT2D eigenvalue weighted by atomic mass is 10.0. The number of nitrogens with zero attached hydrogens (tertiary/aromatic N) is 1. The number of carboxylic acids is 1. The van der Waals surface area contributed by atoms with Crippen molar-refractivity contribution in [2.75, 3.05) is 19.7 Å². The van der Waals surface area contributed by atoms with Crippen LogP contribution in [0.5, 0.6) is 0 Å². The molecule has 1 N–H and O–H groups in total. The predicted octanol–water partition coefficient (Wildman–Crippen LogP) is 2.27. The number of halogens is 3. The molecule has 1 aliphatic rings. The minimum Gasteiger partial charge on any atom is -0.480 e. The van der Waals surface area contributed by atoms with Crippen molar-refractivity contribution in [3.63, 3.8) is 0 Å². The van der Waals surface area contributed by atoms with Crippen LogP contribution in [0.2, 0.25) is 0 Å². The van der Waals surface area contributed by atoms with Crippen molar-refractivity contribution in [3.05, 3.63) is 21.9 Å². The third-order valence-corrected chi connectivity index (χ3v) is 3.94. The second-order valence-electron chi connectivity index (χ2n) is 4.12. The zero-order valence-corrected chi connectivity index (χ0v) is 10.6. The molecule has 2 rings (SSSR count). The molecule has 0 aliphatic carbocycles. The third kappa shape index (κ3) is 3.46. The number of thiophene rings is 1. The Labute approximate surface area is 111 Å². The molecule has 0 radical (unpaired) electrons. The summed E-state index contributed by atoms with van der Waals surface area (Å²) < 4.78 is 39.4. The molecule has 0 fully saturated rings. The largest absolute Gasteiger partial charge is 0.522 e. The van der Waals surface area contributed by atoms with Crippen LogP contribution >= 0.6 is 11.3 Å². The normalized spacial score (nSPS) is 20.3. The van der Waals surface area contributed by atoms with E-state index in [-0.39, 0.29) is 6.54 Å². The molecule has 1 atom stereocenters. The Morgan fingerprint density at radius 1 is 1.58 bits per heavy atom. The van der Waals surface area contributed by atoms with Crippen LogP contribution in [0.4, 0.5) is 13.2 Å². The van der Waals surface area contributed by atoms with Gasteiger partial charge in [0.1, 0.15) is 6.04 Å². The number of hydrogen-bond acceptors (Lipinski definition) is 4. The lowest BCUT2D eigenvalue weighted by molar-refractivity contribution is -0.325. The molecule has 0 spiro atoms. The summed E-state index contributed by atoms with van der Waals surface area (Å²) in [5.74, 6) is -1.05. The molecule has 1 unspecified atom stereocenters. The van der Waals surface area contributed by atoms with Crippen LogP contribution in [-0.4, -0.2) is 42.0 Å². The first kappa shape index (κ1) is 14.3. The predicted molar refractivity (Wildman–Crippen MR) is 62.0 cm³/mol. The van der Waals surface area contributed by atoms with Crippen molar-refractivity contribution in [3.8, 4) is 0 Å². The molecule has 0 saturated heterocycles. The zero-order chi connectivity index (χ0) is 14.0. The third-order valence-electron chi connectivity index (χ3n) is 2.94.